The molecule has 63 heavy (non-hydrogen) atoms. The Morgan fingerprint density at radius 3 is 1.37 bits per heavy atom. The summed E-state index contributed by atoms with van der Waals surface area (Å²) >= 11 is 0. The summed E-state index contributed by atoms with van der Waals surface area (Å²) < 4.78 is 10.6. The SMILES string of the molecule is CC12CCC3C(CCC4(O)CC(O)CCC34C=NCCCCCN=CC34CCC(O)CC3(O)CCC3C4CCC4(C)C(C5=CC(=O)OC5)CCC34O)C1(O)CCC2C1=CC(=O)OC1. The van der Waals surface area contributed by atoms with Crippen LogP contribution in [0, 0.1) is 57.2 Å². The van der Waals surface area contributed by atoms with Gasteiger partial charge in [0, 0.05) is 72.2 Å². The third kappa shape index (κ3) is 6.39. The number of cyclic esters (lactones) is 2. The molecule has 12 heteroatoms. The molecule has 8 saturated carbocycles. The zero-order valence-corrected chi connectivity index (χ0v) is 37.8. The van der Waals surface area contributed by atoms with Crippen molar-refractivity contribution < 1.29 is 49.7 Å². The standard InChI is InChI=1S/C51H74N2O10/c1-44-14-8-38-40(50(44,60)20-12-36(44)32-24-42(56)62-28-32)10-18-48(58)26-34(54)6-16-46(38,48)30-52-22-4-3-5-23-53-31-47-17-7-35(55)27-49(47,59)19-11-41-39(47)9-15-45(2)37(13-21-51(41,45)61)33-25-43(57)63-29-33/h24-25,30-31,34-41,54-55,58-61H,3-23,26-29H2,1-2H3. The number of aliphatic hydroxyl groups excluding tert-OH is 2. The second-order valence-corrected chi connectivity index (χ2v) is 23.2. The van der Waals surface area contributed by atoms with Gasteiger partial charge in [0.2, 0.25) is 0 Å². The van der Waals surface area contributed by atoms with Crippen molar-refractivity contribution in [3.8, 4) is 0 Å². The highest BCUT2D eigenvalue weighted by Crippen LogP contribution is 2.72. The van der Waals surface area contributed by atoms with Crippen LogP contribution in [0.1, 0.15) is 149 Å². The van der Waals surface area contributed by atoms with Crippen LogP contribution in [-0.2, 0) is 19.1 Å². The molecule has 10 rings (SSSR count). The van der Waals surface area contributed by atoms with Crippen molar-refractivity contribution in [2.75, 3.05) is 26.3 Å². The zero-order chi connectivity index (χ0) is 44.3. The highest BCUT2D eigenvalue weighted by Gasteiger charge is 2.73. The van der Waals surface area contributed by atoms with Crippen LogP contribution in [0.15, 0.2) is 33.3 Å². The summed E-state index contributed by atoms with van der Waals surface area (Å²) in [6, 6.07) is 0. The Labute approximate surface area is 373 Å². The molecule has 8 fully saturated rings. The molecule has 0 aromatic heterocycles. The first-order valence-corrected chi connectivity index (χ1v) is 25.0. The van der Waals surface area contributed by atoms with Crippen LogP contribution in [-0.4, -0.2) is 116 Å². The van der Waals surface area contributed by atoms with Gasteiger partial charge in [-0.05, 0) is 169 Å². The van der Waals surface area contributed by atoms with E-state index in [4.69, 9.17) is 19.5 Å². The zero-order valence-electron chi connectivity index (χ0n) is 37.8. The van der Waals surface area contributed by atoms with E-state index in [0.29, 0.717) is 103 Å². The molecule has 0 aromatic rings. The largest absolute Gasteiger partial charge is 0.458 e. The number of aliphatic hydroxyl groups is 6. The van der Waals surface area contributed by atoms with Crippen LogP contribution < -0.4 is 0 Å². The number of aliphatic imine (C=N–C) groups is 2. The van der Waals surface area contributed by atoms with Crippen molar-refractivity contribution in [1.82, 2.24) is 0 Å². The average molecular weight is 875 g/mol. The van der Waals surface area contributed by atoms with E-state index >= 15 is 0 Å². The molecule has 348 valence electrons. The second kappa shape index (κ2) is 15.5. The Kier molecular flexibility index (Phi) is 10.9. The van der Waals surface area contributed by atoms with Gasteiger partial charge in [0.25, 0.3) is 0 Å². The topological polar surface area (TPSA) is 199 Å². The molecule has 0 amide bonds. The third-order valence-electron chi connectivity index (χ3n) is 21.0. The van der Waals surface area contributed by atoms with Crippen molar-refractivity contribution in [2.24, 2.45) is 67.2 Å². The van der Waals surface area contributed by atoms with Crippen molar-refractivity contribution in [3.63, 3.8) is 0 Å². The van der Waals surface area contributed by atoms with Gasteiger partial charge in [-0.2, -0.15) is 0 Å². The van der Waals surface area contributed by atoms with Crippen LogP contribution >= 0.6 is 0 Å². The summed E-state index contributed by atoms with van der Waals surface area (Å²) in [6.45, 7) is 6.29. The smallest absolute Gasteiger partial charge is 0.331 e. The number of hydrogen-bond acceptors (Lipinski definition) is 12. The third-order valence-corrected chi connectivity index (χ3v) is 21.0. The molecule has 8 aliphatic carbocycles. The molecule has 0 aromatic carbocycles. The van der Waals surface area contributed by atoms with E-state index in [1.165, 1.54) is 0 Å². The maximum atomic E-state index is 12.8. The molecule has 16 atom stereocenters. The quantitative estimate of drug-likeness (QED) is 0.0897. The molecular weight excluding hydrogens is 801 g/mol. The number of esters is 2. The molecular formula is C51H74N2O10. The minimum absolute atomic E-state index is 0.00329. The fourth-order valence-electron chi connectivity index (χ4n) is 17.8. The Morgan fingerprint density at radius 1 is 0.556 bits per heavy atom. The Hall–Kier alpha value is -2.48. The minimum atomic E-state index is -1.08. The van der Waals surface area contributed by atoms with Crippen LogP contribution in [0.5, 0.6) is 0 Å². The molecule has 2 aliphatic heterocycles. The van der Waals surface area contributed by atoms with E-state index in [1.54, 1.807) is 12.2 Å². The number of carbonyl (C=O) groups excluding carboxylic acids is 2. The Bertz CT molecular complexity index is 1830. The molecule has 0 spiro atoms. The fraction of sp³-hybridized carbons (Fsp3) is 0.843. The maximum Gasteiger partial charge on any atom is 0.331 e. The summed E-state index contributed by atoms with van der Waals surface area (Å²) in [6.07, 6.45) is 20.9. The van der Waals surface area contributed by atoms with Gasteiger partial charge in [-0.25, -0.2) is 9.59 Å². The van der Waals surface area contributed by atoms with E-state index in [2.05, 4.69) is 26.3 Å². The fourth-order valence-corrected chi connectivity index (χ4v) is 17.8. The van der Waals surface area contributed by atoms with Crippen molar-refractivity contribution in [1.29, 1.82) is 0 Å². The molecule has 16 unspecified atom stereocenters. The normalized spacial score (nSPS) is 51.4. The van der Waals surface area contributed by atoms with Crippen molar-refractivity contribution >= 4 is 24.4 Å². The number of unbranched alkanes of at least 4 members (excludes halogenated alkanes) is 2. The molecule has 2 heterocycles. The van der Waals surface area contributed by atoms with Gasteiger partial charge < -0.3 is 40.1 Å². The van der Waals surface area contributed by atoms with Gasteiger partial charge in [-0.1, -0.05) is 13.8 Å². The lowest BCUT2D eigenvalue weighted by atomic mass is 9.41. The van der Waals surface area contributed by atoms with Gasteiger partial charge in [-0.3, -0.25) is 9.98 Å². The molecule has 0 bridgehead atoms. The first-order valence-electron chi connectivity index (χ1n) is 25.0. The lowest BCUT2D eigenvalue weighted by Crippen LogP contribution is -2.68. The van der Waals surface area contributed by atoms with E-state index in [1.807, 2.05) is 0 Å². The number of ether oxygens (including phenoxy) is 2. The van der Waals surface area contributed by atoms with E-state index in [0.717, 1.165) is 68.9 Å². The monoisotopic (exact) mass is 875 g/mol. The molecule has 0 saturated heterocycles. The Balaban J connectivity index is 0.800. The van der Waals surface area contributed by atoms with Gasteiger partial charge in [0.05, 0.1) is 34.6 Å². The molecule has 6 N–H and O–H groups in total. The average Bonchev–Trinajstić information content (AvgIpc) is 4.00. The van der Waals surface area contributed by atoms with E-state index in [-0.39, 0.29) is 58.3 Å². The van der Waals surface area contributed by atoms with Crippen molar-refractivity contribution in [3.05, 3.63) is 23.3 Å². The van der Waals surface area contributed by atoms with E-state index < -0.39 is 45.4 Å². The van der Waals surface area contributed by atoms with Crippen LogP contribution in [0.25, 0.3) is 0 Å². The summed E-state index contributed by atoms with van der Waals surface area (Å²) in [5, 5.41) is 72.1. The molecule has 10 aliphatic rings. The first kappa shape index (κ1) is 44.4. The minimum Gasteiger partial charge on any atom is -0.458 e. The lowest BCUT2D eigenvalue weighted by Gasteiger charge is -2.65. The highest BCUT2D eigenvalue weighted by atomic mass is 16.5. The van der Waals surface area contributed by atoms with Crippen LogP contribution in [0.4, 0.5) is 0 Å². The van der Waals surface area contributed by atoms with Gasteiger partial charge >= 0.3 is 11.9 Å². The summed E-state index contributed by atoms with van der Waals surface area (Å²) in [5.74, 6) is -0.296. The Morgan fingerprint density at radius 2 is 0.968 bits per heavy atom. The molecule has 0 radical (unpaired) electrons. The maximum absolute atomic E-state index is 12.8. The predicted octanol–water partition coefficient (Wildman–Crippen LogP) is 5.72. The molecule has 12 nitrogen and oxygen atoms in total. The van der Waals surface area contributed by atoms with E-state index in [9.17, 15) is 40.2 Å². The summed E-state index contributed by atoms with van der Waals surface area (Å²) in [7, 11) is 0. The lowest BCUT2D eigenvalue weighted by molar-refractivity contribution is -0.237. The first-order chi connectivity index (χ1) is 30.0. The van der Waals surface area contributed by atoms with Crippen LogP contribution in [0.2, 0.25) is 0 Å². The summed E-state index contributed by atoms with van der Waals surface area (Å²) in [4.78, 5) is 34.2. The van der Waals surface area contributed by atoms with Crippen LogP contribution in [0.3, 0.4) is 0 Å². The van der Waals surface area contributed by atoms with Gasteiger partial charge in [0.1, 0.15) is 13.2 Å². The van der Waals surface area contributed by atoms with Crippen molar-refractivity contribution in [2.45, 2.75) is 183 Å². The number of fused-ring (bicyclic) bond motifs is 10. The predicted molar refractivity (Wildman–Crippen MR) is 236 cm³/mol. The van der Waals surface area contributed by atoms with Gasteiger partial charge in [-0.15, -0.1) is 0 Å². The number of nitrogens with zero attached hydrogens (tertiary/aromatic N) is 2. The van der Waals surface area contributed by atoms with Gasteiger partial charge in [0.15, 0.2) is 0 Å². The second-order valence-electron chi connectivity index (χ2n) is 23.2. The highest BCUT2D eigenvalue weighted by molar-refractivity contribution is 5.86. The number of rotatable bonds is 10. The summed E-state index contributed by atoms with van der Waals surface area (Å²) in [5.41, 5.74) is -3.97. The number of hydrogen-bond donors (Lipinski definition) is 6. The number of carbonyl (C=O) groups is 2.